The Morgan fingerprint density at radius 1 is 1.15 bits per heavy atom. The lowest BCUT2D eigenvalue weighted by molar-refractivity contribution is 0.476. The molecular formula is C13H20Cl2N2O2S. The summed E-state index contributed by atoms with van der Waals surface area (Å²) in [5.74, 6) is 0.188. The van der Waals surface area contributed by atoms with Gasteiger partial charge in [-0.1, -0.05) is 37.0 Å². The first-order valence-corrected chi connectivity index (χ1v) is 8.57. The average Bonchev–Trinajstić information content (AvgIpc) is 2.31. The highest BCUT2D eigenvalue weighted by atomic mass is 35.5. The van der Waals surface area contributed by atoms with Gasteiger partial charge in [0.15, 0.2) is 0 Å². The van der Waals surface area contributed by atoms with Crippen molar-refractivity contribution in [2.75, 3.05) is 7.05 Å². The summed E-state index contributed by atoms with van der Waals surface area (Å²) in [6.07, 6.45) is 0. The van der Waals surface area contributed by atoms with Crippen molar-refractivity contribution in [3.8, 4) is 0 Å². The van der Waals surface area contributed by atoms with Crippen molar-refractivity contribution in [3.05, 3.63) is 27.7 Å². The Balaban J connectivity index is 3.21. The van der Waals surface area contributed by atoms with Crippen molar-refractivity contribution in [1.29, 1.82) is 0 Å². The molecule has 1 rings (SSSR count). The largest absolute Gasteiger partial charge is 0.316 e. The second-order valence-corrected chi connectivity index (χ2v) is 7.56. The van der Waals surface area contributed by atoms with Gasteiger partial charge in [-0.25, -0.2) is 13.1 Å². The van der Waals surface area contributed by atoms with Crippen molar-refractivity contribution < 1.29 is 8.42 Å². The average molecular weight is 339 g/mol. The van der Waals surface area contributed by atoms with Crippen molar-refractivity contribution in [3.63, 3.8) is 0 Å². The van der Waals surface area contributed by atoms with Crippen LogP contribution in [0, 0.1) is 5.92 Å². The minimum Gasteiger partial charge on any atom is -0.316 e. The highest BCUT2D eigenvalue weighted by molar-refractivity contribution is 7.89. The van der Waals surface area contributed by atoms with Crippen LogP contribution in [0.3, 0.4) is 0 Å². The van der Waals surface area contributed by atoms with Crippen molar-refractivity contribution in [2.24, 2.45) is 5.92 Å². The summed E-state index contributed by atoms with van der Waals surface area (Å²) >= 11 is 12.1. The van der Waals surface area contributed by atoms with E-state index in [0.29, 0.717) is 17.1 Å². The maximum Gasteiger partial charge on any atom is 0.242 e. The Bertz CT molecular complexity index is 574. The topological polar surface area (TPSA) is 58.2 Å². The molecule has 1 aromatic carbocycles. The van der Waals surface area contributed by atoms with Gasteiger partial charge < -0.3 is 5.32 Å². The lowest BCUT2D eigenvalue weighted by atomic mass is 10.1. The lowest BCUT2D eigenvalue weighted by Gasteiger charge is -2.18. The molecule has 2 N–H and O–H groups in total. The van der Waals surface area contributed by atoms with Gasteiger partial charge in [0, 0.05) is 17.6 Å². The van der Waals surface area contributed by atoms with Crippen LogP contribution in [0.1, 0.15) is 26.3 Å². The van der Waals surface area contributed by atoms with E-state index in [1.54, 1.807) is 7.05 Å². The maximum atomic E-state index is 12.4. The molecule has 7 heteroatoms. The van der Waals surface area contributed by atoms with Gasteiger partial charge in [-0.05, 0) is 37.6 Å². The molecule has 0 aromatic heterocycles. The Morgan fingerprint density at radius 3 is 2.25 bits per heavy atom. The highest BCUT2D eigenvalue weighted by Crippen LogP contribution is 2.29. The number of halogens is 2. The van der Waals surface area contributed by atoms with Crippen LogP contribution in [0.15, 0.2) is 17.0 Å². The number of hydrogen-bond acceptors (Lipinski definition) is 3. The fraction of sp³-hybridized carbons (Fsp3) is 0.538. The van der Waals surface area contributed by atoms with Gasteiger partial charge in [-0.3, -0.25) is 0 Å². The fourth-order valence-corrected chi connectivity index (χ4v) is 3.80. The van der Waals surface area contributed by atoms with Crippen LogP contribution in [-0.4, -0.2) is 21.5 Å². The molecule has 0 saturated carbocycles. The molecule has 0 saturated heterocycles. The molecule has 0 spiro atoms. The van der Waals surface area contributed by atoms with Crippen molar-refractivity contribution in [1.82, 2.24) is 10.0 Å². The van der Waals surface area contributed by atoms with E-state index in [0.717, 1.165) is 0 Å². The Hall–Kier alpha value is -0.330. The van der Waals surface area contributed by atoms with E-state index in [1.807, 2.05) is 20.8 Å². The van der Waals surface area contributed by atoms with Crippen LogP contribution in [0.5, 0.6) is 0 Å². The van der Waals surface area contributed by atoms with Crippen molar-refractivity contribution in [2.45, 2.75) is 38.3 Å². The van der Waals surface area contributed by atoms with Crippen molar-refractivity contribution >= 4 is 33.2 Å². The number of hydrogen-bond donors (Lipinski definition) is 2. The smallest absolute Gasteiger partial charge is 0.242 e. The lowest BCUT2D eigenvalue weighted by Crippen LogP contribution is -2.36. The Morgan fingerprint density at radius 2 is 1.75 bits per heavy atom. The zero-order valence-electron chi connectivity index (χ0n) is 12.0. The molecule has 0 aliphatic rings. The summed E-state index contributed by atoms with van der Waals surface area (Å²) in [6, 6.07) is 2.79. The van der Waals surface area contributed by atoms with Crippen LogP contribution < -0.4 is 10.0 Å². The van der Waals surface area contributed by atoms with Crippen LogP contribution >= 0.6 is 23.2 Å². The molecule has 20 heavy (non-hydrogen) atoms. The number of sulfonamides is 1. The molecule has 0 aliphatic carbocycles. The summed E-state index contributed by atoms with van der Waals surface area (Å²) in [6.45, 7) is 6.19. The van der Waals surface area contributed by atoms with Crippen LogP contribution in [0.25, 0.3) is 0 Å². The molecule has 4 nitrogen and oxygen atoms in total. The molecule has 0 amide bonds. The minimum absolute atomic E-state index is 0.0568. The standard InChI is InChI=1S/C13H20Cl2N2O2S/c1-8(2)9(3)17-20(18,19)13-5-10(7-16-4)11(14)6-12(13)15/h5-6,8-9,16-17H,7H2,1-4H3. The van der Waals surface area contributed by atoms with Gasteiger partial charge in [0.2, 0.25) is 10.0 Å². The first-order chi connectivity index (χ1) is 9.19. The third kappa shape index (κ3) is 4.33. The van der Waals surface area contributed by atoms with Gasteiger partial charge >= 0.3 is 0 Å². The van der Waals surface area contributed by atoms with E-state index in [2.05, 4.69) is 10.0 Å². The molecule has 0 fully saturated rings. The molecule has 1 atom stereocenters. The van der Waals surface area contributed by atoms with E-state index in [4.69, 9.17) is 23.2 Å². The van der Waals surface area contributed by atoms with Gasteiger partial charge in [0.1, 0.15) is 4.90 Å². The quantitative estimate of drug-likeness (QED) is 0.838. The second kappa shape index (κ2) is 7.09. The fourth-order valence-electron chi connectivity index (χ4n) is 1.55. The van der Waals surface area contributed by atoms with Gasteiger partial charge in [0.25, 0.3) is 0 Å². The van der Waals surface area contributed by atoms with E-state index in [9.17, 15) is 8.42 Å². The predicted octanol–water partition coefficient (Wildman–Crippen LogP) is 3.04. The first-order valence-electron chi connectivity index (χ1n) is 6.34. The predicted molar refractivity (Wildman–Crippen MR) is 83.8 cm³/mol. The maximum absolute atomic E-state index is 12.4. The van der Waals surface area contributed by atoms with Crippen LogP contribution in [0.4, 0.5) is 0 Å². The van der Waals surface area contributed by atoms with E-state index >= 15 is 0 Å². The van der Waals surface area contributed by atoms with Gasteiger partial charge in [-0.15, -0.1) is 0 Å². The zero-order chi connectivity index (χ0) is 15.5. The molecule has 0 aliphatic heterocycles. The third-order valence-corrected chi connectivity index (χ3v) is 5.47. The highest BCUT2D eigenvalue weighted by Gasteiger charge is 2.23. The molecular weight excluding hydrogens is 319 g/mol. The van der Waals surface area contributed by atoms with E-state index in [1.165, 1.54) is 12.1 Å². The molecule has 0 radical (unpaired) electrons. The summed E-state index contributed by atoms with van der Waals surface area (Å²) in [5.41, 5.74) is 0.691. The minimum atomic E-state index is -3.66. The van der Waals surface area contributed by atoms with Gasteiger partial charge in [0.05, 0.1) is 5.02 Å². The monoisotopic (exact) mass is 338 g/mol. The molecule has 0 bridgehead atoms. The second-order valence-electron chi connectivity index (χ2n) is 5.06. The third-order valence-electron chi connectivity index (χ3n) is 3.10. The van der Waals surface area contributed by atoms with E-state index < -0.39 is 10.0 Å². The number of nitrogens with one attached hydrogen (secondary N) is 2. The van der Waals surface area contributed by atoms with E-state index in [-0.39, 0.29) is 21.9 Å². The molecule has 114 valence electrons. The number of benzene rings is 1. The first kappa shape index (κ1) is 17.7. The summed E-state index contributed by atoms with van der Waals surface area (Å²) in [5, 5.41) is 3.51. The Labute approximate surface area is 130 Å². The molecule has 1 unspecified atom stereocenters. The number of rotatable bonds is 6. The molecule has 0 heterocycles. The molecule has 1 aromatic rings. The summed E-state index contributed by atoms with van der Waals surface area (Å²) < 4.78 is 27.4. The Kier molecular flexibility index (Phi) is 6.28. The van der Waals surface area contributed by atoms with Gasteiger partial charge in [-0.2, -0.15) is 0 Å². The van der Waals surface area contributed by atoms with Crippen LogP contribution in [0.2, 0.25) is 10.0 Å². The van der Waals surface area contributed by atoms with Crippen LogP contribution in [-0.2, 0) is 16.6 Å². The zero-order valence-corrected chi connectivity index (χ0v) is 14.3. The summed E-state index contributed by atoms with van der Waals surface area (Å²) in [7, 11) is -1.90. The summed E-state index contributed by atoms with van der Waals surface area (Å²) in [4.78, 5) is 0.0568. The normalized spacial score (nSPS) is 13.8. The SMILES string of the molecule is CNCc1cc(S(=O)(=O)NC(C)C(C)C)c(Cl)cc1Cl.